The number of benzene rings is 1. The smallest absolute Gasteiger partial charge is 0.0346 e. The third-order valence-corrected chi connectivity index (χ3v) is 3.15. The highest BCUT2D eigenvalue weighted by molar-refractivity contribution is 5.85. The van der Waals surface area contributed by atoms with Crippen molar-refractivity contribution in [2.45, 2.75) is 18.9 Å². The van der Waals surface area contributed by atoms with Crippen molar-refractivity contribution in [3.8, 4) is 0 Å². The van der Waals surface area contributed by atoms with E-state index in [1.54, 1.807) is 0 Å². The van der Waals surface area contributed by atoms with Crippen LogP contribution in [0.4, 0.5) is 0 Å². The van der Waals surface area contributed by atoms with Gasteiger partial charge in [0.25, 0.3) is 0 Å². The molecule has 0 aliphatic carbocycles. The standard InChI is InChI=1S/C13H14N2/c1-3-10-9-14-8-6-11(10)12(4-1)13-5-2-7-15-13/h1,3-4,6,8-9,13,15H,2,5,7H2/t13-/m1/s1. The van der Waals surface area contributed by atoms with Gasteiger partial charge < -0.3 is 5.32 Å². The van der Waals surface area contributed by atoms with E-state index in [9.17, 15) is 0 Å². The molecular formula is C13H14N2. The summed E-state index contributed by atoms with van der Waals surface area (Å²) in [6, 6.07) is 9.13. The fourth-order valence-electron chi connectivity index (χ4n) is 2.40. The fraction of sp³-hybridized carbons (Fsp3) is 0.308. The average Bonchev–Trinajstić information content (AvgIpc) is 2.82. The molecule has 1 N–H and O–H groups in total. The summed E-state index contributed by atoms with van der Waals surface area (Å²) in [5.74, 6) is 0. The van der Waals surface area contributed by atoms with E-state index in [4.69, 9.17) is 0 Å². The summed E-state index contributed by atoms with van der Waals surface area (Å²) in [5.41, 5.74) is 1.42. The van der Waals surface area contributed by atoms with Gasteiger partial charge >= 0.3 is 0 Å². The maximum atomic E-state index is 4.16. The molecule has 2 heteroatoms. The lowest BCUT2D eigenvalue weighted by Crippen LogP contribution is -2.13. The van der Waals surface area contributed by atoms with E-state index in [2.05, 4.69) is 34.6 Å². The van der Waals surface area contributed by atoms with Crippen LogP contribution in [0.15, 0.2) is 36.7 Å². The van der Waals surface area contributed by atoms with Crippen LogP contribution in [0.25, 0.3) is 10.8 Å². The Morgan fingerprint density at radius 2 is 2.27 bits per heavy atom. The second-order valence-electron chi connectivity index (χ2n) is 4.09. The summed E-state index contributed by atoms with van der Waals surface area (Å²) in [6.45, 7) is 1.14. The largest absolute Gasteiger partial charge is 0.310 e. The quantitative estimate of drug-likeness (QED) is 0.762. The third-order valence-electron chi connectivity index (χ3n) is 3.15. The first-order valence-corrected chi connectivity index (χ1v) is 5.51. The third kappa shape index (κ3) is 1.51. The summed E-state index contributed by atoms with van der Waals surface area (Å²) < 4.78 is 0. The number of fused-ring (bicyclic) bond motifs is 1. The van der Waals surface area contributed by atoms with E-state index in [0.717, 1.165) is 6.54 Å². The number of hydrogen-bond donors (Lipinski definition) is 1. The van der Waals surface area contributed by atoms with E-state index >= 15 is 0 Å². The molecule has 0 bridgehead atoms. The first-order valence-electron chi connectivity index (χ1n) is 5.51. The second-order valence-corrected chi connectivity index (χ2v) is 4.09. The highest BCUT2D eigenvalue weighted by Gasteiger charge is 2.17. The molecule has 1 aromatic heterocycles. The summed E-state index contributed by atoms with van der Waals surface area (Å²) >= 11 is 0. The Bertz CT molecular complexity index is 467. The van der Waals surface area contributed by atoms with Gasteiger partial charge in [0.05, 0.1) is 0 Å². The zero-order valence-electron chi connectivity index (χ0n) is 8.61. The summed E-state index contributed by atoms with van der Waals surface area (Å²) in [6.07, 6.45) is 6.35. The Hall–Kier alpha value is -1.41. The lowest BCUT2D eigenvalue weighted by molar-refractivity contribution is 0.653. The van der Waals surface area contributed by atoms with Crippen molar-refractivity contribution >= 4 is 10.8 Å². The van der Waals surface area contributed by atoms with Gasteiger partial charge in [0, 0.05) is 23.8 Å². The van der Waals surface area contributed by atoms with Crippen molar-refractivity contribution in [2.24, 2.45) is 0 Å². The second kappa shape index (κ2) is 3.63. The van der Waals surface area contributed by atoms with Crippen molar-refractivity contribution in [3.05, 3.63) is 42.2 Å². The van der Waals surface area contributed by atoms with Crippen molar-refractivity contribution < 1.29 is 0 Å². The number of nitrogens with zero attached hydrogens (tertiary/aromatic N) is 1. The molecule has 1 aliphatic rings. The highest BCUT2D eigenvalue weighted by Crippen LogP contribution is 2.28. The van der Waals surface area contributed by atoms with Gasteiger partial charge in [-0.05, 0) is 36.4 Å². The SMILES string of the molecule is c1cc([C@H]2CCCN2)c2ccncc2c1. The van der Waals surface area contributed by atoms with Crippen LogP contribution in [-0.2, 0) is 0 Å². The number of pyridine rings is 1. The minimum atomic E-state index is 0.538. The van der Waals surface area contributed by atoms with Crippen LogP contribution in [0.3, 0.4) is 0 Å². The summed E-state index contributed by atoms with van der Waals surface area (Å²) in [7, 11) is 0. The predicted octanol–water partition coefficient (Wildman–Crippen LogP) is 2.66. The summed E-state index contributed by atoms with van der Waals surface area (Å²) in [4.78, 5) is 4.16. The van der Waals surface area contributed by atoms with Gasteiger partial charge in [0.15, 0.2) is 0 Å². The molecule has 1 aromatic carbocycles. The van der Waals surface area contributed by atoms with E-state index in [0.29, 0.717) is 6.04 Å². The van der Waals surface area contributed by atoms with Crippen molar-refractivity contribution in [1.29, 1.82) is 0 Å². The monoisotopic (exact) mass is 198 g/mol. The van der Waals surface area contributed by atoms with Crippen LogP contribution in [0.5, 0.6) is 0 Å². The van der Waals surface area contributed by atoms with Gasteiger partial charge in [0.2, 0.25) is 0 Å². The molecule has 15 heavy (non-hydrogen) atoms. The molecule has 0 amide bonds. The Morgan fingerprint density at radius 1 is 1.27 bits per heavy atom. The molecule has 1 saturated heterocycles. The van der Waals surface area contributed by atoms with E-state index < -0.39 is 0 Å². The van der Waals surface area contributed by atoms with Crippen molar-refractivity contribution in [1.82, 2.24) is 10.3 Å². The zero-order chi connectivity index (χ0) is 10.1. The van der Waals surface area contributed by atoms with Crippen molar-refractivity contribution in [3.63, 3.8) is 0 Å². The van der Waals surface area contributed by atoms with Gasteiger partial charge in [-0.1, -0.05) is 18.2 Å². The number of rotatable bonds is 1. The van der Waals surface area contributed by atoms with Gasteiger partial charge in [0.1, 0.15) is 0 Å². The maximum Gasteiger partial charge on any atom is 0.0346 e. The van der Waals surface area contributed by atoms with Crippen LogP contribution in [-0.4, -0.2) is 11.5 Å². The van der Waals surface area contributed by atoms with Gasteiger partial charge in [-0.25, -0.2) is 0 Å². The van der Waals surface area contributed by atoms with Crippen LogP contribution >= 0.6 is 0 Å². The Labute approximate surface area is 89.3 Å². The molecule has 2 heterocycles. The topological polar surface area (TPSA) is 24.9 Å². The van der Waals surface area contributed by atoms with Gasteiger partial charge in [-0.15, -0.1) is 0 Å². The lowest BCUT2D eigenvalue weighted by atomic mass is 9.99. The minimum Gasteiger partial charge on any atom is -0.310 e. The normalized spacial score (nSPS) is 20.9. The fourth-order valence-corrected chi connectivity index (χ4v) is 2.40. The minimum absolute atomic E-state index is 0.538. The molecule has 2 nitrogen and oxygen atoms in total. The van der Waals surface area contributed by atoms with E-state index in [1.165, 1.54) is 29.2 Å². The molecule has 0 unspecified atom stereocenters. The molecule has 0 radical (unpaired) electrons. The first-order chi connectivity index (χ1) is 7.45. The molecule has 2 aromatic rings. The molecule has 0 spiro atoms. The Balaban J connectivity index is 2.16. The highest BCUT2D eigenvalue weighted by atomic mass is 14.9. The molecule has 1 atom stereocenters. The average molecular weight is 198 g/mol. The molecule has 1 fully saturated rings. The maximum absolute atomic E-state index is 4.16. The molecule has 1 aliphatic heterocycles. The molecule has 76 valence electrons. The lowest BCUT2D eigenvalue weighted by Gasteiger charge is -2.13. The molecule has 3 rings (SSSR count). The van der Waals surface area contributed by atoms with E-state index in [-0.39, 0.29) is 0 Å². The van der Waals surface area contributed by atoms with Crippen LogP contribution in [0.2, 0.25) is 0 Å². The number of hydrogen-bond acceptors (Lipinski definition) is 2. The molecular weight excluding hydrogens is 184 g/mol. The molecule has 0 saturated carbocycles. The zero-order valence-corrected chi connectivity index (χ0v) is 8.61. The van der Waals surface area contributed by atoms with Crippen LogP contribution in [0, 0.1) is 0 Å². The van der Waals surface area contributed by atoms with Crippen LogP contribution < -0.4 is 5.32 Å². The number of nitrogens with one attached hydrogen (secondary N) is 1. The Morgan fingerprint density at radius 3 is 3.13 bits per heavy atom. The van der Waals surface area contributed by atoms with Gasteiger partial charge in [-0.3, -0.25) is 4.98 Å². The number of aromatic nitrogens is 1. The first kappa shape index (κ1) is 8.86. The van der Waals surface area contributed by atoms with Crippen LogP contribution in [0.1, 0.15) is 24.4 Å². The summed E-state index contributed by atoms with van der Waals surface area (Å²) in [5, 5.41) is 6.12. The Kier molecular flexibility index (Phi) is 2.14. The van der Waals surface area contributed by atoms with Gasteiger partial charge in [-0.2, -0.15) is 0 Å². The predicted molar refractivity (Wildman–Crippen MR) is 61.7 cm³/mol. The van der Waals surface area contributed by atoms with E-state index in [1.807, 2.05) is 12.4 Å². The van der Waals surface area contributed by atoms with Crippen molar-refractivity contribution in [2.75, 3.05) is 6.54 Å².